The van der Waals surface area contributed by atoms with E-state index in [-0.39, 0.29) is 5.15 Å². The zero-order chi connectivity index (χ0) is 15.0. The summed E-state index contributed by atoms with van der Waals surface area (Å²) in [5, 5.41) is -0.106. The third kappa shape index (κ3) is 3.26. The SMILES string of the molecule is FC(F)(F)c1cc(Cl)nc(N2CCN3CCCCC3C2)c1. The van der Waals surface area contributed by atoms with Crippen LogP contribution in [0.2, 0.25) is 5.15 Å². The quantitative estimate of drug-likeness (QED) is 0.739. The average molecular weight is 320 g/mol. The van der Waals surface area contributed by atoms with Gasteiger partial charge in [-0.3, -0.25) is 4.90 Å². The van der Waals surface area contributed by atoms with Crippen molar-refractivity contribution in [2.24, 2.45) is 0 Å². The number of nitrogens with zero attached hydrogens (tertiary/aromatic N) is 3. The number of hydrogen-bond donors (Lipinski definition) is 0. The summed E-state index contributed by atoms with van der Waals surface area (Å²) in [7, 11) is 0. The van der Waals surface area contributed by atoms with Crippen molar-refractivity contribution in [3.05, 3.63) is 22.8 Å². The van der Waals surface area contributed by atoms with Gasteiger partial charge in [0, 0.05) is 25.7 Å². The maximum absolute atomic E-state index is 12.9. The number of aromatic nitrogens is 1. The molecule has 2 aliphatic rings. The summed E-state index contributed by atoms with van der Waals surface area (Å²) in [6, 6.07) is 2.40. The average Bonchev–Trinajstić information content (AvgIpc) is 2.45. The van der Waals surface area contributed by atoms with Gasteiger partial charge in [0.2, 0.25) is 0 Å². The van der Waals surface area contributed by atoms with Crippen LogP contribution in [-0.4, -0.2) is 42.1 Å². The van der Waals surface area contributed by atoms with E-state index in [1.165, 1.54) is 12.8 Å². The Morgan fingerprint density at radius 3 is 2.71 bits per heavy atom. The summed E-state index contributed by atoms with van der Waals surface area (Å²) in [6.45, 7) is 3.39. The van der Waals surface area contributed by atoms with Gasteiger partial charge in [0.15, 0.2) is 0 Å². The zero-order valence-electron chi connectivity index (χ0n) is 11.5. The first-order valence-corrected chi connectivity index (χ1v) is 7.55. The van der Waals surface area contributed by atoms with Gasteiger partial charge in [-0.2, -0.15) is 13.2 Å². The van der Waals surface area contributed by atoms with Gasteiger partial charge in [0.1, 0.15) is 11.0 Å². The predicted octanol–water partition coefficient (Wildman–Crippen LogP) is 3.43. The molecule has 3 heterocycles. The molecule has 0 spiro atoms. The van der Waals surface area contributed by atoms with Crippen molar-refractivity contribution in [3.8, 4) is 0 Å². The van der Waals surface area contributed by atoms with Crippen molar-refractivity contribution in [1.82, 2.24) is 9.88 Å². The Morgan fingerprint density at radius 1 is 1.14 bits per heavy atom. The van der Waals surface area contributed by atoms with Crippen LogP contribution in [0.3, 0.4) is 0 Å². The molecule has 3 nitrogen and oxygen atoms in total. The van der Waals surface area contributed by atoms with Crippen molar-refractivity contribution in [1.29, 1.82) is 0 Å². The molecular weight excluding hydrogens is 303 g/mol. The number of halogens is 4. The first-order chi connectivity index (χ1) is 9.93. The molecule has 0 bridgehead atoms. The summed E-state index contributed by atoms with van der Waals surface area (Å²) >= 11 is 5.76. The largest absolute Gasteiger partial charge is 0.416 e. The van der Waals surface area contributed by atoms with E-state index in [1.54, 1.807) is 0 Å². The first-order valence-electron chi connectivity index (χ1n) is 7.17. The maximum atomic E-state index is 12.9. The third-order valence-electron chi connectivity index (χ3n) is 4.27. The molecule has 2 aliphatic heterocycles. The van der Waals surface area contributed by atoms with Gasteiger partial charge in [-0.05, 0) is 31.5 Å². The molecule has 1 unspecified atom stereocenters. The molecule has 0 saturated carbocycles. The Labute approximate surface area is 126 Å². The van der Waals surface area contributed by atoms with Crippen LogP contribution in [0.1, 0.15) is 24.8 Å². The highest BCUT2D eigenvalue weighted by Gasteiger charge is 2.34. The van der Waals surface area contributed by atoms with E-state index in [9.17, 15) is 13.2 Å². The monoisotopic (exact) mass is 319 g/mol. The third-order valence-corrected chi connectivity index (χ3v) is 4.46. The minimum Gasteiger partial charge on any atom is -0.354 e. The number of fused-ring (bicyclic) bond motifs is 1. The second kappa shape index (κ2) is 5.65. The summed E-state index contributed by atoms with van der Waals surface area (Å²) in [6.07, 6.45) is -0.896. The zero-order valence-corrected chi connectivity index (χ0v) is 12.3. The van der Waals surface area contributed by atoms with Crippen LogP contribution >= 0.6 is 11.6 Å². The lowest BCUT2D eigenvalue weighted by atomic mass is 9.99. The molecule has 21 heavy (non-hydrogen) atoms. The smallest absolute Gasteiger partial charge is 0.354 e. The minimum atomic E-state index is -4.39. The van der Waals surface area contributed by atoms with Crippen molar-refractivity contribution in [3.63, 3.8) is 0 Å². The van der Waals surface area contributed by atoms with E-state index in [0.29, 0.717) is 18.4 Å². The highest BCUT2D eigenvalue weighted by atomic mass is 35.5. The molecular formula is C14H17ClF3N3. The van der Waals surface area contributed by atoms with Crippen LogP contribution < -0.4 is 4.90 Å². The Hall–Kier alpha value is -1.01. The molecule has 2 fully saturated rings. The first kappa shape index (κ1) is 14.9. The molecule has 0 N–H and O–H groups in total. The molecule has 1 aromatic rings. The summed E-state index contributed by atoms with van der Waals surface area (Å²) < 4.78 is 38.6. The van der Waals surface area contributed by atoms with E-state index in [1.807, 2.05) is 4.90 Å². The topological polar surface area (TPSA) is 19.4 Å². The van der Waals surface area contributed by atoms with Crippen molar-refractivity contribution < 1.29 is 13.2 Å². The summed E-state index contributed by atoms with van der Waals surface area (Å²) in [4.78, 5) is 8.43. The Bertz CT molecular complexity index is 521. The molecule has 7 heteroatoms. The minimum absolute atomic E-state index is 0.106. The van der Waals surface area contributed by atoms with Crippen molar-refractivity contribution in [2.45, 2.75) is 31.5 Å². The molecule has 1 atom stereocenters. The van der Waals surface area contributed by atoms with Crippen LogP contribution in [0.15, 0.2) is 12.1 Å². The fraction of sp³-hybridized carbons (Fsp3) is 0.643. The van der Waals surface area contributed by atoms with E-state index < -0.39 is 11.7 Å². The lowest BCUT2D eigenvalue weighted by molar-refractivity contribution is -0.137. The normalized spacial score (nSPS) is 24.0. The molecule has 3 rings (SSSR count). The van der Waals surface area contributed by atoms with Gasteiger partial charge in [-0.1, -0.05) is 18.0 Å². The molecule has 0 amide bonds. The van der Waals surface area contributed by atoms with E-state index >= 15 is 0 Å². The van der Waals surface area contributed by atoms with Crippen LogP contribution in [0.25, 0.3) is 0 Å². The number of piperazine rings is 1. The van der Waals surface area contributed by atoms with Crippen molar-refractivity contribution in [2.75, 3.05) is 31.1 Å². The number of hydrogen-bond acceptors (Lipinski definition) is 3. The predicted molar refractivity (Wildman–Crippen MR) is 75.7 cm³/mol. The van der Waals surface area contributed by atoms with Crippen LogP contribution in [0.5, 0.6) is 0 Å². The van der Waals surface area contributed by atoms with Gasteiger partial charge in [0.05, 0.1) is 5.56 Å². The standard InChI is InChI=1S/C14H17ClF3N3/c15-12-7-10(14(16,17)18)8-13(19-12)21-6-5-20-4-2-1-3-11(20)9-21/h7-8,11H,1-6,9H2. The van der Waals surface area contributed by atoms with Gasteiger partial charge in [-0.15, -0.1) is 0 Å². The molecule has 1 aromatic heterocycles. The fourth-order valence-electron chi connectivity index (χ4n) is 3.17. The summed E-state index contributed by atoms with van der Waals surface area (Å²) in [5.74, 6) is 0.333. The van der Waals surface area contributed by atoms with Gasteiger partial charge in [-0.25, -0.2) is 4.98 Å². The van der Waals surface area contributed by atoms with Crippen LogP contribution in [-0.2, 0) is 6.18 Å². The van der Waals surface area contributed by atoms with Gasteiger partial charge < -0.3 is 4.90 Å². The van der Waals surface area contributed by atoms with E-state index in [4.69, 9.17) is 11.6 Å². The van der Waals surface area contributed by atoms with Crippen molar-refractivity contribution >= 4 is 17.4 Å². The lowest BCUT2D eigenvalue weighted by Gasteiger charge is -2.44. The van der Waals surface area contributed by atoms with Gasteiger partial charge >= 0.3 is 6.18 Å². The van der Waals surface area contributed by atoms with E-state index in [0.717, 1.165) is 38.2 Å². The molecule has 2 saturated heterocycles. The lowest BCUT2D eigenvalue weighted by Crippen LogP contribution is -2.55. The molecule has 0 aliphatic carbocycles. The maximum Gasteiger partial charge on any atom is 0.416 e. The van der Waals surface area contributed by atoms with Crippen LogP contribution in [0.4, 0.5) is 19.0 Å². The Kier molecular flexibility index (Phi) is 4.01. The van der Waals surface area contributed by atoms with Crippen LogP contribution in [0, 0.1) is 0 Å². The number of rotatable bonds is 1. The highest BCUT2D eigenvalue weighted by molar-refractivity contribution is 6.29. The van der Waals surface area contributed by atoms with Gasteiger partial charge in [0.25, 0.3) is 0 Å². The second-order valence-corrected chi connectivity index (χ2v) is 6.05. The molecule has 116 valence electrons. The number of alkyl halides is 3. The number of piperidine rings is 1. The molecule has 0 radical (unpaired) electrons. The van der Waals surface area contributed by atoms with E-state index in [2.05, 4.69) is 9.88 Å². The number of pyridine rings is 1. The Morgan fingerprint density at radius 2 is 1.95 bits per heavy atom. The fourth-order valence-corrected chi connectivity index (χ4v) is 3.38. The number of anilines is 1. The Balaban J connectivity index is 1.82. The summed E-state index contributed by atoms with van der Waals surface area (Å²) in [5.41, 5.74) is -0.733. The molecule has 0 aromatic carbocycles. The second-order valence-electron chi connectivity index (χ2n) is 5.67. The highest BCUT2D eigenvalue weighted by Crippen LogP contribution is 2.33.